The molecule has 18 heavy (non-hydrogen) atoms. The zero-order valence-corrected chi connectivity index (χ0v) is 12.9. The molecule has 1 fully saturated rings. The highest BCUT2D eigenvalue weighted by Crippen LogP contribution is 2.36. The van der Waals surface area contributed by atoms with Crippen molar-refractivity contribution >= 4 is 11.3 Å². The molecule has 1 aromatic heterocycles. The third-order valence-corrected chi connectivity index (χ3v) is 5.33. The molecule has 0 radical (unpaired) electrons. The lowest BCUT2D eigenvalue weighted by Gasteiger charge is -2.29. The standard InChI is InChI=1S/C16H27NS/c1-12-11-15(13(2)18-12)16(17-3)14-9-7-5-4-6-8-10-14/h11,14,16-17H,4-10H2,1-3H3. The zero-order chi connectivity index (χ0) is 13.0. The minimum absolute atomic E-state index is 0.577. The lowest BCUT2D eigenvalue weighted by molar-refractivity contribution is 0.299. The Morgan fingerprint density at radius 3 is 2.22 bits per heavy atom. The average Bonchev–Trinajstić information content (AvgIpc) is 2.62. The van der Waals surface area contributed by atoms with Crippen LogP contribution in [0.4, 0.5) is 0 Å². The highest BCUT2D eigenvalue weighted by molar-refractivity contribution is 7.12. The molecule has 0 saturated heterocycles. The Balaban J connectivity index is 2.13. The number of aryl methyl sites for hydroxylation is 2. The molecule has 0 aromatic carbocycles. The lowest BCUT2D eigenvalue weighted by atomic mass is 9.83. The van der Waals surface area contributed by atoms with E-state index in [0.29, 0.717) is 6.04 Å². The van der Waals surface area contributed by atoms with Gasteiger partial charge in [-0.15, -0.1) is 11.3 Å². The molecule has 0 aliphatic heterocycles. The van der Waals surface area contributed by atoms with Gasteiger partial charge in [0.15, 0.2) is 0 Å². The van der Waals surface area contributed by atoms with Gasteiger partial charge in [-0.1, -0.05) is 32.1 Å². The van der Waals surface area contributed by atoms with Gasteiger partial charge in [0.2, 0.25) is 0 Å². The maximum Gasteiger partial charge on any atom is 0.0357 e. The summed E-state index contributed by atoms with van der Waals surface area (Å²) in [6, 6.07) is 2.98. The zero-order valence-electron chi connectivity index (χ0n) is 12.1. The van der Waals surface area contributed by atoms with Crippen molar-refractivity contribution in [3.05, 3.63) is 21.4 Å². The maximum absolute atomic E-state index is 3.60. The monoisotopic (exact) mass is 265 g/mol. The Morgan fingerprint density at radius 2 is 1.72 bits per heavy atom. The van der Waals surface area contributed by atoms with Crippen molar-refractivity contribution in [3.63, 3.8) is 0 Å². The molecule has 102 valence electrons. The summed E-state index contributed by atoms with van der Waals surface area (Å²) in [4.78, 5) is 2.96. The van der Waals surface area contributed by atoms with E-state index in [1.54, 1.807) is 5.56 Å². The van der Waals surface area contributed by atoms with Crippen molar-refractivity contribution in [2.24, 2.45) is 5.92 Å². The van der Waals surface area contributed by atoms with E-state index in [9.17, 15) is 0 Å². The average molecular weight is 265 g/mol. The topological polar surface area (TPSA) is 12.0 Å². The van der Waals surface area contributed by atoms with Crippen LogP contribution in [0.1, 0.15) is 66.3 Å². The first-order valence-corrected chi connectivity index (χ1v) is 8.28. The van der Waals surface area contributed by atoms with Crippen molar-refractivity contribution < 1.29 is 0 Å². The van der Waals surface area contributed by atoms with Gasteiger partial charge >= 0.3 is 0 Å². The van der Waals surface area contributed by atoms with Crippen LogP contribution in [0.25, 0.3) is 0 Å². The van der Waals surface area contributed by atoms with E-state index in [4.69, 9.17) is 0 Å². The Bertz CT molecular complexity index is 361. The van der Waals surface area contributed by atoms with Crippen LogP contribution in [-0.4, -0.2) is 7.05 Å². The van der Waals surface area contributed by atoms with E-state index in [2.05, 4.69) is 32.3 Å². The second-order valence-electron chi connectivity index (χ2n) is 5.74. The summed E-state index contributed by atoms with van der Waals surface area (Å²) in [6.07, 6.45) is 9.98. The third-order valence-electron chi connectivity index (χ3n) is 4.35. The van der Waals surface area contributed by atoms with Gasteiger partial charge in [-0.2, -0.15) is 0 Å². The van der Waals surface area contributed by atoms with Gasteiger partial charge in [0.25, 0.3) is 0 Å². The summed E-state index contributed by atoms with van der Waals surface area (Å²) in [7, 11) is 2.13. The molecular weight excluding hydrogens is 238 g/mol. The van der Waals surface area contributed by atoms with Crippen molar-refractivity contribution in [2.75, 3.05) is 7.05 Å². The second kappa shape index (κ2) is 6.72. The van der Waals surface area contributed by atoms with Crippen molar-refractivity contribution in [1.82, 2.24) is 5.32 Å². The minimum Gasteiger partial charge on any atom is -0.313 e. The highest BCUT2D eigenvalue weighted by Gasteiger charge is 2.24. The Morgan fingerprint density at radius 1 is 1.11 bits per heavy atom. The van der Waals surface area contributed by atoms with Gasteiger partial charge < -0.3 is 5.32 Å². The number of nitrogens with one attached hydrogen (secondary N) is 1. The smallest absolute Gasteiger partial charge is 0.0357 e. The molecule has 1 N–H and O–H groups in total. The first-order valence-electron chi connectivity index (χ1n) is 7.46. The molecule has 1 nitrogen and oxygen atoms in total. The van der Waals surface area contributed by atoms with E-state index in [1.807, 2.05) is 11.3 Å². The fourth-order valence-electron chi connectivity index (χ4n) is 3.43. The first kappa shape index (κ1) is 14.1. The molecule has 1 saturated carbocycles. The largest absolute Gasteiger partial charge is 0.313 e. The van der Waals surface area contributed by atoms with E-state index in [-0.39, 0.29) is 0 Å². The van der Waals surface area contributed by atoms with Crippen molar-refractivity contribution in [1.29, 1.82) is 0 Å². The van der Waals surface area contributed by atoms with Gasteiger partial charge in [0, 0.05) is 15.8 Å². The van der Waals surface area contributed by atoms with Gasteiger partial charge in [-0.25, -0.2) is 0 Å². The second-order valence-corrected chi connectivity index (χ2v) is 7.20. The van der Waals surface area contributed by atoms with Crippen LogP contribution in [-0.2, 0) is 0 Å². The molecule has 0 bridgehead atoms. The molecule has 0 spiro atoms. The molecule has 1 atom stereocenters. The first-order chi connectivity index (χ1) is 8.72. The Hall–Kier alpha value is -0.340. The minimum atomic E-state index is 0.577. The fourth-order valence-corrected chi connectivity index (χ4v) is 4.40. The molecular formula is C16H27NS. The van der Waals surface area contributed by atoms with Gasteiger partial charge in [-0.3, -0.25) is 0 Å². The van der Waals surface area contributed by atoms with E-state index < -0.39 is 0 Å². The van der Waals surface area contributed by atoms with Crippen molar-refractivity contribution in [3.8, 4) is 0 Å². The fraction of sp³-hybridized carbons (Fsp3) is 0.750. The number of hydrogen-bond donors (Lipinski definition) is 1. The molecule has 1 aliphatic carbocycles. The molecule has 1 aromatic rings. The summed E-state index contributed by atoms with van der Waals surface area (Å²) in [6.45, 7) is 4.51. The SMILES string of the molecule is CNC(c1cc(C)sc1C)C1CCCCCCC1. The molecule has 1 aliphatic rings. The van der Waals surface area contributed by atoms with Crippen LogP contribution in [0.2, 0.25) is 0 Å². The Kier molecular flexibility index (Phi) is 5.25. The quantitative estimate of drug-likeness (QED) is 0.812. The van der Waals surface area contributed by atoms with Crippen molar-refractivity contribution in [2.45, 2.75) is 64.8 Å². The normalized spacial score (nSPS) is 20.4. The van der Waals surface area contributed by atoms with E-state index in [1.165, 1.54) is 54.7 Å². The van der Waals surface area contributed by atoms with E-state index >= 15 is 0 Å². The van der Waals surface area contributed by atoms with Gasteiger partial charge in [0.1, 0.15) is 0 Å². The summed E-state index contributed by atoms with van der Waals surface area (Å²) < 4.78 is 0. The maximum atomic E-state index is 3.60. The number of thiophene rings is 1. The van der Waals surface area contributed by atoms with Crippen LogP contribution in [0.3, 0.4) is 0 Å². The molecule has 0 amide bonds. The summed E-state index contributed by atoms with van der Waals surface area (Å²) >= 11 is 1.95. The van der Waals surface area contributed by atoms with Crippen LogP contribution in [0, 0.1) is 19.8 Å². The van der Waals surface area contributed by atoms with E-state index in [0.717, 1.165) is 5.92 Å². The molecule has 2 heteroatoms. The van der Waals surface area contributed by atoms with Crippen LogP contribution >= 0.6 is 11.3 Å². The predicted octanol–water partition coefficient (Wildman–Crippen LogP) is 4.99. The molecule has 2 rings (SSSR count). The van der Waals surface area contributed by atoms with Crippen LogP contribution in [0.15, 0.2) is 6.07 Å². The summed E-state index contributed by atoms with van der Waals surface area (Å²) in [5.74, 6) is 0.836. The summed E-state index contributed by atoms with van der Waals surface area (Å²) in [5.41, 5.74) is 1.56. The van der Waals surface area contributed by atoms with Crippen LogP contribution < -0.4 is 5.32 Å². The van der Waals surface area contributed by atoms with Crippen LogP contribution in [0.5, 0.6) is 0 Å². The van der Waals surface area contributed by atoms with Gasteiger partial charge in [-0.05, 0) is 51.3 Å². The summed E-state index contributed by atoms with van der Waals surface area (Å²) in [5, 5.41) is 3.60. The highest BCUT2D eigenvalue weighted by atomic mass is 32.1. The predicted molar refractivity (Wildman–Crippen MR) is 81.4 cm³/mol. The molecule has 1 heterocycles. The molecule has 1 unspecified atom stereocenters. The lowest BCUT2D eigenvalue weighted by Crippen LogP contribution is -2.26. The number of rotatable bonds is 3. The van der Waals surface area contributed by atoms with Gasteiger partial charge in [0.05, 0.1) is 0 Å². The Labute approximate surface area is 116 Å². The third kappa shape index (κ3) is 3.36. The number of hydrogen-bond acceptors (Lipinski definition) is 2.